The molecule has 25 heavy (non-hydrogen) atoms. The molecule has 0 heterocycles. The van der Waals surface area contributed by atoms with Gasteiger partial charge in [0.15, 0.2) is 11.6 Å². The molecule has 1 saturated carbocycles. The van der Waals surface area contributed by atoms with Crippen LogP contribution < -0.4 is 0 Å². The van der Waals surface area contributed by atoms with Crippen molar-refractivity contribution in [2.45, 2.75) is 43.8 Å². The number of carbonyl (C=O) groups is 3. The van der Waals surface area contributed by atoms with Crippen molar-refractivity contribution in [3.05, 3.63) is 40.5 Å². The molecular weight excluding hydrogens is 324 g/mol. The number of phenolic OH excluding ortho intramolecular Hbond substituents is 1. The highest BCUT2D eigenvalue weighted by Crippen LogP contribution is 2.51. The molecule has 1 aromatic rings. The summed E-state index contributed by atoms with van der Waals surface area (Å²) in [7, 11) is 0. The lowest BCUT2D eigenvalue weighted by Gasteiger charge is -2.49. The zero-order valence-corrected chi connectivity index (χ0v) is 13.7. The molecule has 0 radical (unpaired) electrons. The minimum Gasteiger partial charge on any atom is -0.507 e. The highest BCUT2D eigenvalue weighted by atomic mass is 16.3. The maximum atomic E-state index is 13.0. The summed E-state index contributed by atoms with van der Waals surface area (Å²) in [5.41, 5.74) is -2.62. The SMILES string of the molecule is C[C@]1(O)CC(=O)[C@@H]2C3=C(CC[C@]2(O)C1)C(=O)c1c(O)cccc1C3=O. The number of aliphatic hydroxyl groups is 2. The summed E-state index contributed by atoms with van der Waals surface area (Å²) < 4.78 is 0. The first-order valence-corrected chi connectivity index (χ1v) is 8.26. The van der Waals surface area contributed by atoms with E-state index in [2.05, 4.69) is 0 Å². The van der Waals surface area contributed by atoms with Crippen LogP contribution in [0.2, 0.25) is 0 Å². The van der Waals surface area contributed by atoms with E-state index in [0.717, 1.165) is 0 Å². The van der Waals surface area contributed by atoms with Gasteiger partial charge in [0, 0.05) is 29.6 Å². The molecule has 4 rings (SSSR count). The first kappa shape index (κ1) is 16.2. The monoisotopic (exact) mass is 342 g/mol. The number of allylic oxidation sites excluding steroid dienone is 1. The number of hydrogen-bond acceptors (Lipinski definition) is 6. The molecule has 1 aromatic carbocycles. The van der Waals surface area contributed by atoms with E-state index >= 15 is 0 Å². The lowest BCUT2D eigenvalue weighted by atomic mass is 9.58. The topological polar surface area (TPSA) is 112 Å². The van der Waals surface area contributed by atoms with Gasteiger partial charge in [-0.3, -0.25) is 14.4 Å². The van der Waals surface area contributed by atoms with Crippen LogP contribution in [0.25, 0.3) is 0 Å². The smallest absolute Gasteiger partial charge is 0.193 e. The lowest BCUT2D eigenvalue weighted by molar-refractivity contribution is -0.156. The summed E-state index contributed by atoms with van der Waals surface area (Å²) in [6.45, 7) is 1.49. The van der Waals surface area contributed by atoms with Crippen LogP contribution >= 0.6 is 0 Å². The van der Waals surface area contributed by atoms with Gasteiger partial charge in [0.05, 0.1) is 22.7 Å². The molecule has 0 bridgehead atoms. The number of aromatic hydroxyl groups is 1. The Labute approximate surface area is 143 Å². The average molecular weight is 342 g/mol. The highest BCUT2D eigenvalue weighted by molar-refractivity contribution is 6.29. The normalized spacial score (nSPS) is 34.5. The van der Waals surface area contributed by atoms with Gasteiger partial charge in [-0.2, -0.15) is 0 Å². The molecule has 3 aliphatic rings. The molecule has 3 atom stereocenters. The van der Waals surface area contributed by atoms with Crippen molar-refractivity contribution in [1.82, 2.24) is 0 Å². The number of phenols is 1. The van der Waals surface area contributed by atoms with E-state index < -0.39 is 34.5 Å². The van der Waals surface area contributed by atoms with Crippen LogP contribution in [-0.4, -0.2) is 43.9 Å². The van der Waals surface area contributed by atoms with E-state index in [9.17, 15) is 29.7 Å². The van der Waals surface area contributed by atoms with Gasteiger partial charge in [0.25, 0.3) is 0 Å². The molecular formula is C19H18O6. The fourth-order valence-corrected chi connectivity index (χ4v) is 4.68. The molecule has 3 N–H and O–H groups in total. The molecule has 0 aliphatic heterocycles. The van der Waals surface area contributed by atoms with E-state index in [1.165, 1.54) is 25.1 Å². The van der Waals surface area contributed by atoms with E-state index in [-0.39, 0.29) is 53.7 Å². The number of fused-ring (bicyclic) bond motifs is 3. The minimum absolute atomic E-state index is 0.0262. The maximum Gasteiger partial charge on any atom is 0.193 e. The molecule has 3 aliphatic carbocycles. The second-order valence-electron chi connectivity index (χ2n) is 7.60. The van der Waals surface area contributed by atoms with Crippen LogP contribution in [0.1, 0.15) is 53.3 Å². The Morgan fingerprint density at radius 3 is 2.56 bits per heavy atom. The van der Waals surface area contributed by atoms with Crippen LogP contribution in [0.5, 0.6) is 5.75 Å². The molecule has 130 valence electrons. The second-order valence-corrected chi connectivity index (χ2v) is 7.60. The lowest BCUT2D eigenvalue weighted by Crippen LogP contribution is -2.58. The van der Waals surface area contributed by atoms with Gasteiger partial charge < -0.3 is 15.3 Å². The summed E-state index contributed by atoms with van der Waals surface area (Å²) in [6, 6.07) is 4.25. The van der Waals surface area contributed by atoms with Crippen molar-refractivity contribution in [2.75, 3.05) is 0 Å². The molecule has 0 amide bonds. The molecule has 0 saturated heterocycles. The fourth-order valence-electron chi connectivity index (χ4n) is 4.68. The van der Waals surface area contributed by atoms with Crippen LogP contribution in [0.3, 0.4) is 0 Å². The van der Waals surface area contributed by atoms with E-state index in [1.807, 2.05) is 0 Å². The zero-order valence-electron chi connectivity index (χ0n) is 13.7. The zero-order chi connectivity index (χ0) is 18.1. The van der Waals surface area contributed by atoms with Crippen molar-refractivity contribution in [2.24, 2.45) is 5.92 Å². The van der Waals surface area contributed by atoms with Crippen LogP contribution in [0.4, 0.5) is 0 Å². The third-order valence-corrected chi connectivity index (χ3v) is 5.56. The minimum atomic E-state index is -1.54. The van der Waals surface area contributed by atoms with Gasteiger partial charge in [-0.1, -0.05) is 12.1 Å². The Bertz CT molecular complexity index is 878. The first-order chi connectivity index (χ1) is 11.6. The third-order valence-electron chi connectivity index (χ3n) is 5.56. The molecule has 1 fully saturated rings. The Hall–Kier alpha value is -2.31. The van der Waals surface area contributed by atoms with Crippen molar-refractivity contribution < 1.29 is 29.7 Å². The van der Waals surface area contributed by atoms with Gasteiger partial charge in [0.1, 0.15) is 11.5 Å². The number of rotatable bonds is 0. The molecule has 6 heteroatoms. The first-order valence-electron chi connectivity index (χ1n) is 8.26. The highest BCUT2D eigenvalue weighted by Gasteiger charge is 2.57. The fraction of sp³-hybridized carbons (Fsp3) is 0.421. The predicted octanol–water partition coefficient (Wildman–Crippen LogP) is 1.32. The standard InChI is InChI=1S/C19H18O6/c1-18(24)7-12(21)15-14-10(5-6-19(15,25)8-18)16(22)13-9(17(14)23)3-2-4-11(13)20/h2-4,15,20,24-25H,5-8H2,1H3/t15-,18+,19+/m1/s1. The third kappa shape index (κ3) is 2.14. The number of Topliss-reactive ketones (excluding diaryl/α,β-unsaturated/α-hetero) is 3. The average Bonchev–Trinajstić information content (AvgIpc) is 2.49. The van der Waals surface area contributed by atoms with Crippen molar-refractivity contribution in [3.63, 3.8) is 0 Å². The Morgan fingerprint density at radius 1 is 1.12 bits per heavy atom. The number of benzene rings is 1. The van der Waals surface area contributed by atoms with Gasteiger partial charge >= 0.3 is 0 Å². The van der Waals surface area contributed by atoms with Gasteiger partial charge in [-0.05, 0) is 25.8 Å². The Balaban J connectivity index is 1.91. The molecule has 6 nitrogen and oxygen atoms in total. The summed E-state index contributed by atoms with van der Waals surface area (Å²) in [4.78, 5) is 38.5. The maximum absolute atomic E-state index is 13.0. The van der Waals surface area contributed by atoms with Gasteiger partial charge in [-0.15, -0.1) is 0 Å². The van der Waals surface area contributed by atoms with E-state index in [1.54, 1.807) is 0 Å². The summed E-state index contributed by atoms with van der Waals surface area (Å²) >= 11 is 0. The second kappa shape index (κ2) is 4.86. The summed E-state index contributed by atoms with van der Waals surface area (Å²) in [5, 5.41) is 31.3. The molecule has 0 aromatic heterocycles. The van der Waals surface area contributed by atoms with Crippen LogP contribution in [0, 0.1) is 5.92 Å². The van der Waals surface area contributed by atoms with Crippen molar-refractivity contribution >= 4 is 17.3 Å². The van der Waals surface area contributed by atoms with Crippen LogP contribution in [-0.2, 0) is 4.79 Å². The quantitative estimate of drug-likeness (QED) is 0.656. The largest absolute Gasteiger partial charge is 0.507 e. The summed E-state index contributed by atoms with van der Waals surface area (Å²) in [6.07, 6.45) is 0.0387. The number of ketones is 3. The number of hydrogen-bond donors (Lipinski definition) is 3. The number of carbonyl (C=O) groups excluding carboxylic acids is 3. The predicted molar refractivity (Wildman–Crippen MR) is 86.3 cm³/mol. The Morgan fingerprint density at radius 2 is 1.84 bits per heavy atom. The van der Waals surface area contributed by atoms with Crippen molar-refractivity contribution in [1.29, 1.82) is 0 Å². The van der Waals surface area contributed by atoms with E-state index in [4.69, 9.17) is 0 Å². The van der Waals surface area contributed by atoms with Gasteiger partial charge in [0.2, 0.25) is 0 Å². The van der Waals surface area contributed by atoms with E-state index in [0.29, 0.717) is 0 Å². The van der Waals surface area contributed by atoms with Gasteiger partial charge in [-0.25, -0.2) is 0 Å². The molecule has 0 unspecified atom stereocenters. The Kier molecular flexibility index (Phi) is 3.15. The summed E-state index contributed by atoms with van der Waals surface area (Å²) in [5.74, 6) is -2.77. The van der Waals surface area contributed by atoms with Crippen molar-refractivity contribution in [3.8, 4) is 5.75 Å². The molecule has 0 spiro atoms. The van der Waals surface area contributed by atoms with Crippen LogP contribution in [0.15, 0.2) is 29.3 Å².